The molecule has 0 spiro atoms. The Morgan fingerprint density at radius 1 is 1.09 bits per heavy atom. The lowest BCUT2D eigenvalue weighted by atomic mass is 9.96. The molecule has 0 saturated heterocycles. The van der Waals surface area contributed by atoms with Crippen molar-refractivity contribution in [3.8, 4) is 0 Å². The second-order valence-electron chi connectivity index (χ2n) is 9.03. The second kappa shape index (κ2) is 12.0. The molecule has 2 aromatic rings. The molecule has 1 amide bonds. The first-order valence-electron chi connectivity index (χ1n) is 12.7. The molecule has 1 saturated carbocycles. The van der Waals surface area contributed by atoms with Gasteiger partial charge in [-0.1, -0.05) is 52.9 Å². The van der Waals surface area contributed by atoms with Crippen molar-refractivity contribution in [2.75, 3.05) is 13.1 Å². The van der Waals surface area contributed by atoms with E-state index in [1.54, 1.807) is 12.1 Å². The van der Waals surface area contributed by atoms with Crippen molar-refractivity contribution in [2.24, 2.45) is 0 Å². The van der Waals surface area contributed by atoms with Crippen molar-refractivity contribution in [2.45, 2.75) is 102 Å². The number of benzene rings is 1. The molecule has 0 radical (unpaired) electrons. The van der Waals surface area contributed by atoms with Gasteiger partial charge in [0, 0.05) is 38.5 Å². The Hall–Kier alpha value is -1.93. The maximum atomic E-state index is 12.9. The van der Waals surface area contributed by atoms with Crippen molar-refractivity contribution in [1.29, 1.82) is 0 Å². The Bertz CT molecular complexity index is 1020. The summed E-state index contributed by atoms with van der Waals surface area (Å²) in [4.78, 5) is 17.7. The van der Waals surface area contributed by atoms with Gasteiger partial charge in [-0.05, 0) is 37.5 Å². The highest BCUT2D eigenvalue weighted by atomic mass is 32.2. The third-order valence-electron chi connectivity index (χ3n) is 6.64. The van der Waals surface area contributed by atoms with E-state index in [4.69, 9.17) is 4.98 Å². The number of sulfonamides is 1. The summed E-state index contributed by atoms with van der Waals surface area (Å²) in [5, 5.41) is 3.24. The van der Waals surface area contributed by atoms with Crippen LogP contribution in [-0.4, -0.2) is 47.3 Å². The van der Waals surface area contributed by atoms with Crippen LogP contribution in [0.4, 0.5) is 0 Å². The average molecular weight is 477 g/mol. The average Bonchev–Trinajstić information content (AvgIpc) is 3.12. The lowest BCUT2D eigenvalue weighted by Gasteiger charge is -2.21. The van der Waals surface area contributed by atoms with Gasteiger partial charge in [-0.2, -0.15) is 4.31 Å². The Morgan fingerprint density at radius 2 is 1.76 bits per heavy atom. The predicted molar refractivity (Wildman–Crippen MR) is 133 cm³/mol. The number of fused-ring (bicyclic) bond motifs is 1. The molecule has 0 aliphatic heterocycles. The third-order valence-corrected chi connectivity index (χ3v) is 8.68. The van der Waals surface area contributed by atoms with Gasteiger partial charge in [0.1, 0.15) is 5.82 Å². The minimum absolute atomic E-state index is 0.0838. The fraction of sp³-hybridized carbons (Fsp3) is 0.680. The van der Waals surface area contributed by atoms with Crippen molar-refractivity contribution in [3.63, 3.8) is 0 Å². The van der Waals surface area contributed by atoms with Gasteiger partial charge in [0.2, 0.25) is 15.9 Å². The maximum absolute atomic E-state index is 12.9. The Balaban J connectivity index is 1.76. The topological polar surface area (TPSA) is 84.3 Å². The summed E-state index contributed by atoms with van der Waals surface area (Å²) in [5.41, 5.74) is 1.60. The zero-order valence-corrected chi connectivity index (χ0v) is 21.3. The molecule has 0 atom stereocenters. The highest BCUT2D eigenvalue weighted by Crippen LogP contribution is 2.24. The van der Waals surface area contributed by atoms with Gasteiger partial charge in [-0.3, -0.25) is 4.79 Å². The van der Waals surface area contributed by atoms with Crippen LogP contribution in [0.25, 0.3) is 11.0 Å². The number of nitrogens with zero attached hydrogens (tertiary/aromatic N) is 3. The summed E-state index contributed by atoms with van der Waals surface area (Å²) in [6.07, 6.45) is 10.2. The van der Waals surface area contributed by atoms with Gasteiger partial charge in [0.15, 0.2) is 0 Å². The fourth-order valence-electron chi connectivity index (χ4n) is 4.82. The molecule has 8 heteroatoms. The minimum Gasteiger partial charge on any atom is -0.353 e. The van der Waals surface area contributed by atoms with Crippen LogP contribution >= 0.6 is 0 Å². The summed E-state index contributed by atoms with van der Waals surface area (Å²) in [5.74, 6) is 0.928. The molecule has 0 unspecified atom stereocenters. The van der Waals surface area contributed by atoms with Crippen LogP contribution in [0.15, 0.2) is 23.1 Å². The Morgan fingerprint density at radius 3 is 2.39 bits per heavy atom. The van der Waals surface area contributed by atoms with E-state index < -0.39 is 10.0 Å². The summed E-state index contributed by atoms with van der Waals surface area (Å²) >= 11 is 0. The summed E-state index contributed by atoms with van der Waals surface area (Å²) in [6.45, 7) is 7.45. The normalized spacial score (nSPS) is 16.1. The molecule has 184 valence electrons. The van der Waals surface area contributed by atoms with Gasteiger partial charge in [-0.25, -0.2) is 13.4 Å². The molecular weight excluding hydrogens is 436 g/mol. The smallest absolute Gasteiger partial charge is 0.243 e. The molecule has 1 aliphatic rings. The van der Waals surface area contributed by atoms with Gasteiger partial charge in [0.25, 0.3) is 0 Å². The van der Waals surface area contributed by atoms with Crippen LogP contribution in [0, 0.1) is 0 Å². The molecular formula is C25H40N4O3S. The quantitative estimate of drug-likeness (QED) is 0.541. The SMILES string of the molecule is CCCn1c(CCC(=O)NC2CCCCCCC2)nc2cc(S(=O)(=O)N(CC)CC)ccc21. The summed E-state index contributed by atoms with van der Waals surface area (Å²) < 4.78 is 29.5. The standard InChI is InChI=1S/C25H40N4O3S/c1-4-18-29-23-15-14-21(33(31,32)28(5-2)6-3)19-22(23)27-24(29)16-17-25(30)26-20-12-10-8-7-9-11-13-20/h14-15,19-20H,4-13,16-18H2,1-3H3,(H,26,30). The first kappa shape index (κ1) is 25.7. The zero-order valence-electron chi connectivity index (χ0n) is 20.5. The number of aromatic nitrogens is 2. The molecule has 33 heavy (non-hydrogen) atoms. The molecule has 1 aromatic heterocycles. The minimum atomic E-state index is -3.54. The van der Waals surface area contributed by atoms with E-state index in [1.807, 2.05) is 19.9 Å². The molecule has 0 bridgehead atoms. The number of hydrogen-bond acceptors (Lipinski definition) is 4. The lowest BCUT2D eigenvalue weighted by Crippen LogP contribution is -2.35. The highest BCUT2D eigenvalue weighted by Gasteiger charge is 2.23. The van der Waals surface area contributed by atoms with E-state index in [1.165, 1.54) is 36.4 Å². The molecule has 1 aliphatic carbocycles. The number of carbonyl (C=O) groups is 1. The Kier molecular flexibility index (Phi) is 9.32. The molecule has 1 aromatic carbocycles. The third kappa shape index (κ3) is 6.35. The number of hydrogen-bond donors (Lipinski definition) is 1. The van der Waals surface area contributed by atoms with Crippen molar-refractivity contribution in [1.82, 2.24) is 19.2 Å². The first-order chi connectivity index (χ1) is 15.9. The molecule has 7 nitrogen and oxygen atoms in total. The fourth-order valence-corrected chi connectivity index (χ4v) is 6.30. The summed E-state index contributed by atoms with van der Waals surface area (Å²) in [6, 6.07) is 5.49. The Labute approximate surface area is 199 Å². The zero-order chi connectivity index (χ0) is 23.8. The van der Waals surface area contributed by atoms with E-state index >= 15 is 0 Å². The number of aryl methyl sites for hydroxylation is 2. The number of nitrogens with one attached hydrogen (secondary N) is 1. The molecule has 3 rings (SSSR count). The van der Waals surface area contributed by atoms with E-state index in [2.05, 4.69) is 16.8 Å². The van der Waals surface area contributed by atoms with E-state index in [-0.39, 0.29) is 10.8 Å². The highest BCUT2D eigenvalue weighted by molar-refractivity contribution is 7.89. The molecule has 1 heterocycles. The van der Waals surface area contributed by atoms with Gasteiger partial charge < -0.3 is 9.88 Å². The first-order valence-corrected chi connectivity index (χ1v) is 14.1. The van der Waals surface area contributed by atoms with Crippen LogP contribution in [0.2, 0.25) is 0 Å². The number of imidazole rings is 1. The van der Waals surface area contributed by atoms with Crippen molar-refractivity contribution < 1.29 is 13.2 Å². The van der Waals surface area contributed by atoms with Gasteiger partial charge >= 0.3 is 0 Å². The molecule has 1 N–H and O–H groups in total. The van der Waals surface area contributed by atoms with E-state index in [0.29, 0.717) is 37.5 Å². The largest absolute Gasteiger partial charge is 0.353 e. The van der Waals surface area contributed by atoms with Crippen molar-refractivity contribution >= 4 is 27.0 Å². The maximum Gasteiger partial charge on any atom is 0.243 e. The van der Waals surface area contributed by atoms with Crippen LogP contribution < -0.4 is 5.32 Å². The molecule has 1 fully saturated rings. The van der Waals surface area contributed by atoms with Crippen LogP contribution in [0.5, 0.6) is 0 Å². The van der Waals surface area contributed by atoms with Gasteiger partial charge in [0.05, 0.1) is 15.9 Å². The second-order valence-corrected chi connectivity index (χ2v) is 11.0. The van der Waals surface area contributed by atoms with E-state index in [0.717, 1.165) is 37.1 Å². The van der Waals surface area contributed by atoms with Crippen LogP contribution in [-0.2, 0) is 27.8 Å². The van der Waals surface area contributed by atoms with Gasteiger partial charge in [-0.15, -0.1) is 0 Å². The lowest BCUT2D eigenvalue weighted by molar-refractivity contribution is -0.121. The number of carbonyl (C=O) groups excluding carboxylic acids is 1. The number of rotatable bonds is 10. The monoisotopic (exact) mass is 476 g/mol. The summed E-state index contributed by atoms with van der Waals surface area (Å²) in [7, 11) is -3.54. The van der Waals surface area contributed by atoms with Crippen molar-refractivity contribution in [3.05, 3.63) is 24.0 Å². The predicted octanol–water partition coefficient (Wildman–Crippen LogP) is 4.64. The van der Waals surface area contributed by atoms with E-state index in [9.17, 15) is 13.2 Å². The van der Waals surface area contributed by atoms with Crippen LogP contribution in [0.1, 0.15) is 84.4 Å². The number of amides is 1. The van der Waals surface area contributed by atoms with Crippen LogP contribution in [0.3, 0.4) is 0 Å².